The third-order valence-corrected chi connectivity index (χ3v) is 4.91. The second-order valence-corrected chi connectivity index (χ2v) is 6.67. The van der Waals surface area contributed by atoms with E-state index in [1.54, 1.807) is 7.11 Å². The van der Waals surface area contributed by atoms with Crippen LogP contribution in [-0.4, -0.2) is 24.0 Å². The second kappa shape index (κ2) is 5.34. The fraction of sp³-hybridized carbons (Fsp3) is 0.500. The first-order chi connectivity index (χ1) is 10.7. The Morgan fingerprint density at radius 2 is 2.05 bits per heavy atom. The van der Waals surface area contributed by atoms with Crippen LogP contribution in [0.25, 0.3) is 10.9 Å². The van der Waals surface area contributed by atoms with Crippen molar-refractivity contribution >= 4 is 16.8 Å². The third-order valence-electron chi connectivity index (χ3n) is 4.91. The van der Waals surface area contributed by atoms with Crippen molar-refractivity contribution in [1.29, 1.82) is 0 Å². The van der Waals surface area contributed by atoms with Crippen molar-refractivity contribution in [3.63, 3.8) is 0 Å². The number of hydrogen-bond donors (Lipinski definition) is 2. The van der Waals surface area contributed by atoms with Gasteiger partial charge in [0.1, 0.15) is 5.75 Å². The highest BCUT2D eigenvalue weighted by atomic mass is 16.5. The van der Waals surface area contributed by atoms with Crippen LogP contribution in [0, 0.1) is 11.8 Å². The topological polar surface area (TPSA) is 54.1 Å². The molecule has 0 bridgehead atoms. The largest absolute Gasteiger partial charge is 0.497 e. The third kappa shape index (κ3) is 2.70. The Morgan fingerprint density at radius 3 is 2.68 bits per heavy atom. The Balaban J connectivity index is 1.48. The van der Waals surface area contributed by atoms with E-state index < -0.39 is 0 Å². The Labute approximate surface area is 130 Å². The molecule has 116 valence electrons. The molecule has 0 aliphatic heterocycles. The molecule has 1 amide bonds. The van der Waals surface area contributed by atoms with E-state index >= 15 is 0 Å². The highest BCUT2D eigenvalue weighted by Crippen LogP contribution is 2.44. The quantitative estimate of drug-likeness (QED) is 0.861. The zero-order valence-corrected chi connectivity index (χ0v) is 12.9. The van der Waals surface area contributed by atoms with Crippen LogP contribution in [0.3, 0.4) is 0 Å². The van der Waals surface area contributed by atoms with E-state index in [1.165, 1.54) is 25.7 Å². The fourth-order valence-electron chi connectivity index (χ4n) is 3.37. The molecule has 0 spiro atoms. The maximum absolute atomic E-state index is 12.4. The van der Waals surface area contributed by atoms with Crippen LogP contribution in [0.5, 0.6) is 5.75 Å². The van der Waals surface area contributed by atoms with Crippen LogP contribution < -0.4 is 10.1 Å². The highest BCUT2D eigenvalue weighted by Gasteiger charge is 2.42. The molecule has 0 saturated heterocycles. The number of aromatic nitrogens is 1. The predicted molar refractivity (Wildman–Crippen MR) is 85.9 cm³/mol. The lowest BCUT2D eigenvalue weighted by Crippen LogP contribution is -2.38. The molecule has 4 rings (SSSR count). The number of rotatable bonds is 6. The van der Waals surface area contributed by atoms with Crippen molar-refractivity contribution in [3.05, 3.63) is 30.0 Å². The molecule has 22 heavy (non-hydrogen) atoms. The average molecular weight is 298 g/mol. The maximum Gasteiger partial charge on any atom is 0.224 e. The molecule has 4 nitrogen and oxygen atoms in total. The number of benzene rings is 1. The van der Waals surface area contributed by atoms with Crippen molar-refractivity contribution in [1.82, 2.24) is 10.3 Å². The van der Waals surface area contributed by atoms with Gasteiger partial charge in [0.05, 0.1) is 13.5 Å². The van der Waals surface area contributed by atoms with Crippen LogP contribution >= 0.6 is 0 Å². The minimum absolute atomic E-state index is 0.146. The van der Waals surface area contributed by atoms with Gasteiger partial charge in [-0.2, -0.15) is 0 Å². The monoisotopic (exact) mass is 298 g/mol. The van der Waals surface area contributed by atoms with Gasteiger partial charge in [0, 0.05) is 23.1 Å². The van der Waals surface area contributed by atoms with Crippen molar-refractivity contribution in [3.8, 4) is 5.75 Å². The number of hydrogen-bond acceptors (Lipinski definition) is 2. The van der Waals surface area contributed by atoms with E-state index in [0.717, 1.165) is 34.1 Å². The van der Waals surface area contributed by atoms with E-state index in [4.69, 9.17) is 4.74 Å². The van der Waals surface area contributed by atoms with Crippen molar-refractivity contribution in [2.24, 2.45) is 11.8 Å². The number of aromatic amines is 1. The first-order valence-corrected chi connectivity index (χ1v) is 8.18. The van der Waals surface area contributed by atoms with Crippen LogP contribution in [0.1, 0.15) is 31.2 Å². The SMILES string of the molecule is COc1ccc2[nH]cc(CC(=O)NC(C3CC3)C3CC3)c2c1. The summed E-state index contributed by atoms with van der Waals surface area (Å²) in [6, 6.07) is 6.34. The zero-order chi connectivity index (χ0) is 15.1. The second-order valence-electron chi connectivity index (χ2n) is 6.67. The molecule has 2 N–H and O–H groups in total. The molecule has 2 aromatic rings. The number of carbonyl (C=O) groups excluding carboxylic acids is 1. The number of H-pyrrole nitrogens is 1. The summed E-state index contributed by atoms with van der Waals surface area (Å²) >= 11 is 0. The van der Waals surface area contributed by atoms with Crippen molar-refractivity contribution in [2.45, 2.75) is 38.1 Å². The van der Waals surface area contributed by atoms with E-state index in [1.807, 2.05) is 24.4 Å². The lowest BCUT2D eigenvalue weighted by atomic mass is 10.1. The van der Waals surface area contributed by atoms with Crippen LogP contribution in [0.2, 0.25) is 0 Å². The van der Waals surface area contributed by atoms with Crippen molar-refractivity contribution in [2.75, 3.05) is 7.11 Å². The Hall–Kier alpha value is -1.97. The smallest absolute Gasteiger partial charge is 0.224 e. The molecule has 0 atom stereocenters. The summed E-state index contributed by atoms with van der Waals surface area (Å²) in [5.41, 5.74) is 2.08. The van der Waals surface area contributed by atoms with Gasteiger partial charge in [-0.25, -0.2) is 0 Å². The molecular formula is C18H22N2O2. The van der Waals surface area contributed by atoms with Crippen LogP contribution in [0.15, 0.2) is 24.4 Å². The van der Waals surface area contributed by atoms with Crippen molar-refractivity contribution < 1.29 is 9.53 Å². The first-order valence-electron chi connectivity index (χ1n) is 8.18. The Morgan fingerprint density at radius 1 is 1.32 bits per heavy atom. The molecule has 1 heterocycles. The van der Waals surface area contributed by atoms with E-state index in [0.29, 0.717) is 12.5 Å². The van der Waals surface area contributed by atoms with Gasteiger partial charge in [-0.05, 0) is 61.3 Å². The minimum atomic E-state index is 0.146. The summed E-state index contributed by atoms with van der Waals surface area (Å²) in [5, 5.41) is 4.36. The summed E-state index contributed by atoms with van der Waals surface area (Å²) in [7, 11) is 1.66. The van der Waals surface area contributed by atoms with Crippen LogP contribution in [0.4, 0.5) is 0 Å². The van der Waals surface area contributed by atoms with Gasteiger partial charge in [0.2, 0.25) is 5.91 Å². The molecule has 2 saturated carbocycles. The highest BCUT2D eigenvalue weighted by molar-refractivity contribution is 5.89. The number of amides is 1. The summed E-state index contributed by atoms with van der Waals surface area (Å²) in [4.78, 5) is 15.7. The molecule has 0 radical (unpaired) electrons. The number of fused-ring (bicyclic) bond motifs is 1. The lowest BCUT2D eigenvalue weighted by Gasteiger charge is -2.17. The zero-order valence-electron chi connectivity index (χ0n) is 12.9. The summed E-state index contributed by atoms with van der Waals surface area (Å²) in [6.07, 6.45) is 7.50. The Kier molecular flexibility index (Phi) is 3.32. The van der Waals surface area contributed by atoms with Gasteiger partial charge in [0.25, 0.3) is 0 Å². The molecule has 4 heteroatoms. The van der Waals surface area contributed by atoms with Gasteiger partial charge in [-0.3, -0.25) is 4.79 Å². The van der Waals surface area contributed by atoms with Gasteiger partial charge in [0.15, 0.2) is 0 Å². The predicted octanol–water partition coefficient (Wildman–Crippen LogP) is 3.02. The van der Waals surface area contributed by atoms with E-state index in [9.17, 15) is 4.79 Å². The number of ether oxygens (including phenoxy) is 1. The fourth-order valence-corrected chi connectivity index (χ4v) is 3.37. The number of nitrogens with one attached hydrogen (secondary N) is 2. The lowest BCUT2D eigenvalue weighted by molar-refractivity contribution is -0.121. The van der Waals surface area contributed by atoms with Gasteiger partial charge >= 0.3 is 0 Å². The van der Waals surface area contributed by atoms with Gasteiger partial charge in [-0.1, -0.05) is 0 Å². The van der Waals surface area contributed by atoms with E-state index in [-0.39, 0.29) is 5.91 Å². The summed E-state index contributed by atoms with van der Waals surface area (Å²) in [6.45, 7) is 0. The normalized spacial score (nSPS) is 17.9. The van der Waals surface area contributed by atoms with Crippen LogP contribution in [-0.2, 0) is 11.2 Å². The first kappa shape index (κ1) is 13.7. The molecule has 2 aliphatic rings. The molecule has 0 unspecified atom stereocenters. The molecule has 2 aliphatic carbocycles. The molecule has 1 aromatic heterocycles. The summed E-state index contributed by atoms with van der Waals surface area (Å²) in [5.74, 6) is 2.44. The molecule has 2 fully saturated rings. The molecule has 1 aromatic carbocycles. The van der Waals surface area contributed by atoms with Gasteiger partial charge < -0.3 is 15.0 Å². The number of carbonyl (C=O) groups is 1. The minimum Gasteiger partial charge on any atom is -0.497 e. The Bertz CT molecular complexity index is 686. The standard InChI is InChI=1S/C18H22N2O2/c1-22-14-6-7-16-15(9-14)13(10-19-16)8-17(21)20-18(11-2-3-11)12-4-5-12/h6-7,9-12,18-19H,2-5,8H2,1H3,(H,20,21). The maximum atomic E-state index is 12.4. The average Bonchev–Trinajstić information content (AvgIpc) is 3.43. The van der Waals surface area contributed by atoms with E-state index in [2.05, 4.69) is 10.3 Å². The molecular weight excluding hydrogens is 276 g/mol. The van der Waals surface area contributed by atoms with Gasteiger partial charge in [-0.15, -0.1) is 0 Å². The number of methoxy groups -OCH3 is 1. The summed E-state index contributed by atoms with van der Waals surface area (Å²) < 4.78 is 5.28.